The van der Waals surface area contributed by atoms with Crippen molar-refractivity contribution in [3.8, 4) is 0 Å². The largest absolute Gasteiger partial charge is 0.354 e. The molecule has 2 heterocycles. The average Bonchev–Trinajstić information content (AvgIpc) is 2.69. The number of aromatic nitrogens is 3. The van der Waals surface area contributed by atoms with Gasteiger partial charge in [-0.3, -0.25) is 0 Å². The van der Waals surface area contributed by atoms with Crippen LogP contribution < -0.4 is 15.1 Å². The van der Waals surface area contributed by atoms with Crippen LogP contribution in [-0.4, -0.2) is 73.7 Å². The molecule has 1 aliphatic rings. The molecule has 7 heteroatoms. The van der Waals surface area contributed by atoms with Crippen molar-refractivity contribution in [1.29, 1.82) is 0 Å². The van der Waals surface area contributed by atoms with Gasteiger partial charge in [-0.1, -0.05) is 6.92 Å². The molecule has 2 rings (SSSR count). The molecule has 0 atom stereocenters. The van der Waals surface area contributed by atoms with E-state index in [2.05, 4.69) is 44.0 Å². The predicted molar refractivity (Wildman–Crippen MR) is 87.3 cm³/mol. The quantitative estimate of drug-likeness (QED) is 0.865. The third-order valence-corrected chi connectivity index (χ3v) is 3.55. The van der Waals surface area contributed by atoms with Crippen molar-refractivity contribution in [1.82, 2.24) is 19.9 Å². The molecular formula is C14H27N7. The first kappa shape index (κ1) is 15.8. The normalized spacial score (nSPS) is 16.7. The van der Waals surface area contributed by atoms with E-state index in [1.54, 1.807) is 0 Å². The standard InChI is InChI=1S/C14H27N7/c1-5-7-15-12-16-13(19(2)3)18-14(17-12)21-9-6-8-20(4)10-11-21/h5-11H2,1-4H3,(H,15,16,17,18). The Labute approximate surface area is 127 Å². The van der Waals surface area contributed by atoms with Crippen molar-refractivity contribution in [3.63, 3.8) is 0 Å². The minimum Gasteiger partial charge on any atom is -0.354 e. The number of hydrogen-bond donors (Lipinski definition) is 1. The van der Waals surface area contributed by atoms with Gasteiger partial charge in [0.05, 0.1) is 0 Å². The Morgan fingerprint density at radius 1 is 1.10 bits per heavy atom. The van der Waals surface area contributed by atoms with Crippen LogP contribution in [0.25, 0.3) is 0 Å². The maximum Gasteiger partial charge on any atom is 0.232 e. The van der Waals surface area contributed by atoms with E-state index >= 15 is 0 Å². The highest BCUT2D eigenvalue weighted by Gasteiger charge is 2.17. The number of likely N-dealkylation sites (N-methyl/N-ethyl adjacent to an activating group) is 1. The van der Waals surface area contributed by atoms with Crippen LogP contribution in [0.2, 0.25) is 0 Å². The van der Waals surface area contributed by atoms with Gasteiger partial charge in [0.25, 0.3) is 0 Å². The van der Waals surface area contributed by atoms with Crippen LogP contribution >= 0.6 is 0 Å². The van der Waals surface area contributed by atoms with Crippen LogP contribution in [0.15, 0.2) is 0 Å². The van der Waals surface area contributed by atoms with Crippen LogP contribution in [0.4, 0.5) is 17.8 Å². The lowest BCUT2D eigenvalue weighted by Crippen LogP contribution is -2.31. The molecule has 1 saturated heterocycles. The topological polar surface area (TPSA) is 60.4 Å². The van der Waals surface area contributed by atoms with Gasteiger partial charge in [0.15, 0.2) is 0 Å². The molecule has 0 aromatic carbocycles. The first-order chi connectivity index (χ1) is 10.1. The molecular weight excluding hydrogens is 266 g/mol. The van der Waals surface area contributed by atoms with Crippen LogP contribution in [0.3, 0.4) is 0 Å². The van der Waals surface area contributed by atoms with Gasteiger partial charge >= 0.3 is 0 Å². The molecule has 0 saturated carbocycles. The van der Waals surface area contributed by atoms with Gasteiger partial charge in [-0.05, 0) is 26.4 Å². The van der Waals surface area contributed by atoms with E-state index in [1.165, 1.54) is 0 Å². The van der Waals surface area contributed by atoms with Crippen LogP contribution in [0.1, 0.15) is 19.8 Å². The highest BCUT2D eigenvalue weighted by atomic mass is 15.4. The minimum atomic E-state index is 0.670. The van der Waals surface area contributed by atoms with Gasteiger partial charge in [-0.25, -0.2) is 0 Å². The lowest BCUT2D eigenvalue weighted by atomic mass is 10.4. The van der Waals surface area contributed by atoms with Crippen molar-refractivity contribution in [2.75, 3.05) is 69.0 Å². The van der Waals surface area contributed by atoms with Crippen molar-refractivity contribution in [3.05, 3.63) is 0 Å². The zero-order valence-electron chi connectivity index (χ0n) is 13.6. The average molecular weight is 293 g/mol. The SMILES string of the molecule is CCCNc1nc(N(C)C)nc(N2CCCN(C)CC2)n1. The van der Waals surface area contributed by atoms with E-state index in [4.69, 9.17) is 0 Å². The van der Waals surface area contributed by atoms with E-state index in [0.717, 1.165) is 51.5 Å². The third kappa shape index (κ3) is 4.42. The van der Waals surface area contributed by atoms with Gasteiger partial charge in [-0.15, -0.1) is 0 Å². The van der Waals surface area contributed by atoms with Crippen molar-refractivity contribution in [2.24, 2.45) is 0 Å². The number of nitrogens with zero attached hydrogens (tertiary/aromatic N) is 6. The first-order valence-corrected chi connectivity index (χ1v) is 7.71. The Morgan fingerprint density at radius 2 is 1.90 bits per heavy atom. The monoisotopic (exact) mass is 293 g/mol. The number of rotatable bonds is 5. The van der Waals surface area contributed by atoms with Crippen LogP contribution in [0.5, 0.6) is 0 Å². The summed E-state index contributed by atoms with van der Waals surface area (Å²) in [6.07, 6.45) is 2.18. The Kier molecular flexibility index (Phi) is 5.55. The maximum absolute atomic E-state index is 4.60. The summed E-state index contributed by atoms with van der Waals surface area (Å²) in [6.45, 7) is 7.13. The summed E-state index contributed by atoms with van der Waals surface area (Å²) >= 11 is 0. The Morgan fingerprint density at radius 3 is 2.62 bits per heavy atom. The van der Waals surface area contributed by atoms with Gasteiger partial charge < -0.3 is 20.0 Å². The summed E-state index contributed by atoms with van der Waals surface area (Å²) in [4.78, 5) is 20.2. The molecule has 7 nitrogen and oxygen atoms in total. The molecule has 1 N–H and O–H groups in total. The summed E-state index contributed by atoms with van der Waals surface area (Å²) < 4.78 is 0. The molecule has 21 heavy (non-hydrogen) atoms. The Bertz CT molecular complexity index is 449. The lowest BCUT2D eigenvalue weighted by Gasteiger charge is -2.22. The van der Waals surface area contributed by atoms with Crippen LogP contribution in [0, 0.1) is 0 Å². The molecule has 118 valence electrons. The van der Waals surface area contributed by atoms with Crippen LogP contribution in [-0.2, 0) is 0 Å². The highest BCUT2D eigenvalue weighted by Crippen LogP contribution is 2.16. The summed E-state index contributed by atoms with van der Waals surface area (Å²) in [5.41, 5.74) is 0. The first-order valence-electron chi connectivity index (χ1n) is 7.71. The second-order valence-electron chi connectivity index (χ2n) is 5.72. The van der Waals surface area contributed by atoms with Crippen molar-refractivity contribution >= 4 is 17.8 Å². The second kappa shape index (κ2) is 7.40. The molecule has 0 aliphatic carbocycles. The third-order valence-electron chi connectivity index (χ3n) is 3.55. The summed E-state index contributed by atoms with van der Waals surface area (Å²) in [7, 11) is 6.08. The minimum absolute atomic E-state index is 0.670. The van der Waals surface area contributed by atoms with E-state index in [-0.39, 0.29) is 0 Å². The van der Waals surface area contributed by atoms with E-state index < -0.39 is 0 Å². The number of anilines is 3. The smallest absolute Gasteiger partial charge is 0.232 e. The fourth-order valence-electron chi connectivity index (χ4n) is 2.26. The molecule has 0 radical (unpaired) electrons. The van der Waals surface area contributed by atoms with Crippen molar-refractivity contribution < 1.29 is 0 Å². The van der Waals surface area contributed by atoms with Gasteiger partial charge in [0.1, 0.15) is 0 Å². The molecule has 1 aliphatic heterocycles. The number of nitrogens with one attached hydrogen (secondary N) is 1. The molecule has 0 spiro atoms. The van der Waals surface area contributed by atoms with E-state index in [9.17, 15) is 0 Å². The fraction of sp³-hybridized carbons (Fsp3) is 0.786. The summed E-state index contributed by atoms with van der Waals surface area (Å²) in [6, 6.07) is 0. The molecule has 1 aromatic rings. The predicted octanol–water partition coefficient (Wildman–Crippen LogP) is 0.901. The van der Waals surface area contributed by atoms with Gasteiger partial charge in [0.2, 0.25) is 17.8 Å². The molecule has 0 amide bonds. The molecule has 1 fully saturated rings. The van der Waals surface area contributed by atoms with Gasteiger partial charge in [0, 0.05) is 40.3 Å². The second-order valence-corrected chi connectivity index (χ2v) is 5.72. The zero-order valence-corrected chi connectivity index (χ0v) is 13.6. The van der Waals surface area contributed by atoms with Crippen molar-refractivity contribution in [2.45, 2.75) is 19.8 Å². The molecule has 0 bridgehead atoms. The summed E-state index contributed by atoms with van der Waals surface area (Å²) in [5, 5.41) is 3.27. The van der Waals surface area contributed by atoms with Gasteiger partial charge in [-0.2, -0.15) is 15.0 Å². The highest BCUT2D eigenvalue weighted by molar-refractivity contribution is 5.44. The molecule has 1 aromatic heterocycles. The van der Waals surface area contributed by atoms with E-state index in [0.29, 0.717) is 11.9 Å². The molecule has 0 unspecified atom stereocenters. The summed E-state index contributed by atoms with van der Waals surface area (Å²) in [5.74, 6) is 2.15. The Balaban J connectivity index is 2.21. The lowest BCUT2D eigenvalue weighted by molar-refractivity contribution is 0.360. The number of hydrogen-bond acceptors (Lipinski definition) is 7. The maximum atomic E-state index is 4.60. The Hall–Kier alpha value is -1.63. The zero-order chi connectivity index (χ0) is 15.2. The fourth-order valence-corrected chi connectivity index (χ4v) is 2.26. The van der Waals surface area contributed by atoms with E-state index in [1.807, 2.05) is 19.0 Å².